The highest BCUT2D eigenvalue weighted by molar-refractivity contribution is 7.92. The first-order chi connectivity index (χ1) is 14.3. The summed E-state index contributed by atoms with van der Waals surface area (Å²) in [6.45, 7) is 1.93. The average molecular weight is 447 g/mol. The molecule has 0 saturated heterocycles. The van der Waals surface area contributed by atoms with E-state index in [1.54, 1.807) is 18.3 Å². The van der Waals surface area contributed by atoms with Crippen LogP contribution in [0.25, 0.3) is 0 Å². The second kappa shape index (κ2) is 8.93. The minimum absolute atomic E-state index is 0.104. The van der Waals surface area contributed by atoms with Crippen LogP contribution in [0.15, 0.2) is 63.9 Å². The first-order valence-electron chi connectivity index (χ1n) is 8.58. The molecular formula is C19H18N4O5S2. The third kappa shape index (κ3) is 4.93. The summed E-state index contributed by atoms with van der Waals surface area (Å²) in [5.74, 6) is 0.564. The van der Waals surface area contributed by atoms with Gasteiger partial charge in [-0.2, -0.15) is 5.10 Å². The van der Waals surface area contributed by atoms with E-state index in [4.69, 9.17) is 4.74 Å². The number of rotatable bonds is 8. The molecule has 0 radical (unpaired) electrons. The molecule has 3 rings (SSSR count). The summed E-state index contributed by atoms with van der Waals surface area (Å²) < 4.78 is 33.3. The third-order valence-corrected chi connectivity index (χ3v) is 6.45. The van der Waals surface area contributed by atoms with Gasteiger partial charge in [0.1, 0.15) is 10.6 Å². The second-order valence-corrected chi connectivity index (χ2v) is 8.71. The zero-order valence-electron chi connectivity index (χ0n) is 16.0. The number of nitro benzene ring substituents is 1. The van der Waals surface area contributed by atoms with Crippen LogP contribution in [0.4, 0.5) is 17.1 Å². The fourth-order valence-corrected chi connectivity index (χ4v) is 4.51. The topological polar surface area (TPSA) is 123 Å². The maximum absolute atomic E-state index is 12.9. The molecule has 2 N–H and O–H groups in total. The number of aryl methyl sites for hydroxylation is 1. The predicted molar refractivity (Wildman–Crippen MR) is 117 cm³/mol. The van der Waals surface area contributed by atoms with Crippen molar-refractivity contribution in [3.05, 3.63) is 74.5 Å². The lowest BCUT2D eigenvalue weighted by molar-refractivity contribution is -0.385. The maximum atomic E-state index is 12.9. The van der Waals surface area contributed by atoms with Crippen LogP contribution in [0.3, 0.4) is 0 Å². The van der Waals surface area contributed by atoms with Gasteiger partial charge in [-0.25, -0.2) is 8.42 Å². The highest BCUT2D eigenvalue weighted by Gasteiger charge is 2.22. The Morgan fingerprint density at radius 1 is 1.17 bits per heavy atom. The Balaban J connectivity index is 1.93. The number of benzene rings is 2. The SMILES string of the molecule is COc1ccc(NS(=O)(=O)c2cc([N+](=O)[O-])ccc2N/N=C/c2sccc2C)cc1. The normalized spacial score (nSPS) is 11.4. The van der Waals surface area contributed by atoms with Crippen molar-refractivity contribution in [2.75, 3.05) is 17.3 Å². The molecule has 1 aromatic heterocycles. The van der Waals surface area contributed by atoms with Gasteiger partial charge in [0.25, 0.3) is 15.7 Å². The van der Waals surface area contributed by atoms with Crippen molar-refractivity contribution >= 4 is 44.6 Å². The fraction of sp³-hybridized carbons (Fsp3) is 0.105. The van der Waals surface area contributed by atoms with Crippen LogP contribution >= 0.6 is 11.3 Å². The molecule has 0 aliphatic carbocycles. The summed E-state index contributed by atoms with van der Waals surface area (Å²) in [5.41, 5.74) is 3.73. The Morgan fingerprint density at radius 3 is 2.50 bits per heavy atom. The Kier molecular flexibility index (Phi) is 6.33. The number of nitrogens with zero attached hydrogens (tertiary/aromatic N) is 2. The van der Waals surface area contributed by atoms with Gasteiger partial charge < -0.3 is 4.74 Å². The summed E-state index contributed by atoms with van der Waals surface area (Å²) in [7, 11) is -2.64. The first-order valence-corrected chi connectivity index (χ1v) is 10.9. The molecule has 9 nitrogen and oxygen atoms in total. The van der Waals surface area contributed by atoms with Crippen LogP contribution in [0.1, 0.15) is 10.4 Å². The van der Waals surface area contributed by atoms with Gasteiger partial charge in [0, 0.05) is 22.7 Å². The molecule has 30 heavy (non-hydrogen) atoms. The largest absolute Gasteiger partial charge is 0.497 e. The molecule has 3 aromatic rings. The van der Waals surface area contributed by atoms with Crippen molar-refractivity contribution in [1.29, 1.82) is 0 Å². The molecule has 0 fully saturated rings. The smallest absolute Gasteiger partial charge is 0.270 e. The molecule has 0 unspecified atom stereocenters. The number of ether oxygens (including phenoxy) is 1. The highest BCUT2D eigenvalue weighted by Crippen LogP contribution is 2.29. The summed E-state index contributed by atoms with van der Waals surface area (Å²) in [5, 5.41) is 17.1. The quantitative estimate of drug-likeness (QED) is 0.303. The monoisotopic (exact) mass is 446 g/mol. The van der Waals surface area contributed by atoms with E-state index in [2.05, 4.69) is 15.2 Å². The van der Waals surface area contributed by atoms with Crippen molar-refractivity contribution in [2.24, 2.45) is 5.10 Å². The lowest BCUT2D eigenvalue weighted by Crippen LogP contribution is -2.15. The third-order valence-electron chi connectivity index (χ3n) is 4.08. The summed E-state index contributed by atoms with van der Waals surface area (Å²) in [6, 6.07) is 11.7. The molecule has 2 aromatic carbocycles. The van der Waals surface area contributed by atoms with E-state index < -0.39 is 14.9 Å². The molecular weight excluding hydrogens is 428 g/mol. The summed E-state index contributed by atoms with van der Waals surface area (Å²) >= 11 is 1.49. The minimum atomic E-state index is -4.14. The molecule has 11 heteroatoms. The Labute approximate surface area is 177 Å². The van der Waals surface area contributed by atoms with Gasteiger partial charge in [0.05, 0.1) is 23.9 Å². The summed E-state index contributed by atoms with van der Waals surface area (Å²) in [4.78, 5) is 11.1. The molecule has 0 aliphatic rings. The minimum Gasteiger partial charge on any atom is -0.497 e. The van der Waals surface area contributed by atoms with Crippen molar-refractivity contribution < 1.29 is 18.1 Å². The zero-order valence-corrected chi connectivity index (χ0v) is 17.7. The standard InChI is InChI=1S/C19H18N4O5S2/c1-13-9-10-29-18(13)12-20-21-17-8-5-15(23(24)25)11-19(17)30(26,27)22-14-3-6-16(28-2)7-4-14/h3-12,21-22H,1-2H3/b20-12+. The first kappa shape index (κ1) is 21.3. The number of methoxy groups -OCH3 is 1. The molecule has 156 valence electrons. The van der Waals surface area contributed by atoms with E-state index in [1.807, 2.05) is 18.4 Å². The van der Waals surface area contributed by atoms with Crippen molar-refractivity contribution in [3.8, 4) is 5.75 Å². The van der Waals surface area contributed by atoms with Gasteiger partial charge in [0.15, 0.2) is 0 Å². The number of sulfonamides is 1. The van der Waals surface area contributed by atoms with Crippen LogP contribution in [-0.2, 0) is 10.0 Å². The van der Waals surface area contributed by atoms with E-state index in [0.717, 1.165) is 16.5 Å². The number of nitrogens with one attached hydrogen (secondary N) is 2. The van der Waals surface area contributed by atoms with Gasteiger partial charge >= 0.3 is 0 Å². The average Bonchev–Trinajstić information content (AvgIpc) is 3.13. The van der Waals surface area contributed by atoms with Gasteiger partial charge in [0.2, 0.25) is 0 Å². The van der Waals surface area contributed by atoms with Gasteiger partial charge in [-0.15, -0.1) is 11.3 Å². The van der Waals surface area contributed by atoms with Crippen LogP contribution in [-0.4, -0.2) is 26.7 Å². The number of hydrogen-bond donors (Lipinski definition) is 2. The molecule has 0 spiro atoms. The number of hydrazone groups is 1. The van der Waals surface area contributed by atoms with Gasteiger partial charge in [-0.05, 0) is 54.3 Å². The van der Waals surface area contributed by atoms with Crippen molar-refractivity contribution in [2.45, 2.75) is 11.8 Å². The van der Waals surface area contributed by atoms with E-state index in [9.17, 15) is 18.5 Å². The highest BCUT2D eigenvalue weighted by atomic mass is 32.2. The number of anilines is 2. The summed E-state index contributed by atoms with van der Waals surface area (Å²) in [6.07, 6.45) is 1.56. The van der Waals surface area contributed by atoms with Crippen molar-refractivity contribution in [1.82, 2.24) is 0 Å². The number of hydrogen-bond acceptors (Lipinski definition) is 8. The second-order valence-electron chi connectivity index (χ2n) is 6.11. The fourth-order valence-electron chi connectivity index (χ4n) is 2.49. The molecule has 1 heterocycles. The number of nitro groups is 1. The predicted octanol–water partition coefficient (Wildman–Crippen LogP) is 4.22. The van der Waals surface area contributed by atoms with E-state index in [0.29, 0.717) is 5.75 Å². The van der Waals surface area contributed by atoms with Crippen molar-refractivity contribution in [3.63, 3.8) is 0 Å². The van der Waals surface area contributed by atoms with Gasteiger partial charge in [-0.3, -0.25) is 20.3 Å². The van der Waals surface area contributed by atoms with Gasteiger partial charge in [-0.1, -0.05) is 0 Å². The van der Waals surface area contributed by atoms with Crippen LogP contribution < -0.4 is 14.9 Å². The molecule has 0 saturated carbocycles. The lowest BCUT2D eigenvalue weighted by atomic mass is 10.3. The Bertz CT molecular complexity index is 1190. The van der Waals surface area contributed by atoms with Crippen LogP contribution in [0.2, 0.25) is 0 Å². The molecule has 0 aliphatic heterocycles. The Hall–Kier alpha value is -3.44. The van der Waals surface area contributed by atoms with Crippen LogP contribution in [0.5, 0.6) is 5.75 Å². The van der Waals surface area contributed by atoms with E-state index in [1.165, 1.54) is 42.7 Å². The van der Waals surface area contributed by atoms with E-state index >= 15 is 0 Å². The van der Waals surface area contributed by atoms with Crippen LogP contribution in [0, 0.1) is 17.0 Å². The lowest BCUT2D eigenvalue weighted by Gasteiger charge is -2.12. The van der Waals surface area contributed by atoms with E-state index in [-0.39, 0.29) is 22.0 Å². The Morgan fingerprint density at radius 2 is 1.90 bits per heavy atom. The molecule has 0 amide bonds. The zero-order chi connectivity index (χ0) is 21.7. The number of thiophene rings is 1. The number of non-ortho nitro benzene ring substituents is 1. The molecule has 0 atom stereocenters. The molecule has 0 bridgehead atoms. The maximum Gasteiger partial charge on any atom is 0.270 e.